The standard InChI is InChI=1S/C22H28FN3O5S/c1-15(27)5-4-10-26-11-8-17(9-12-26)30-21-16(2)22(25-14-24-21)31-20-7-6-18(13-19(20)23)32(3,28)29/h6-7,13-14,17H,4-5,8-12H2,1-3H3. The highest BCUT2D eigenvalue weighted by molar-refractivity contribution is 7.90. The molecule has 1 aromatic carbocycles. The van der Waals surface area contributed by atoms with Crippen molar-refractivity contribution < 1.29 is 27.1 Å². The lowest BCUT2D eigenvalue weighted by atomic mass is 10.1. The van der Waals surface area contributed by atoms with E-state index in [1.807, 2.05) is 0 Å². The number of carbonyl (C=O) groups excluding carboxylic acids is 1. The molecule has 8 nitrogen and oxygen atoms in total. The zero-order valence-corrected chi connectivity index (χ0v) is 19.3. The summed E-state index contributed by atoms with van der Waals surface area (Å²) in [5, 5.41) is 0. The lowest BCUT2D eigenvalue weighted by Gasteiger charge is -2.32. The minimum absolute atomic E-state index is 0.00807. The smallest absolute Gasteiger partial charge is 0.229 e. The molecule has 174 valence electrons. The van der Waals surface area contributed by atoms with Crippen LogP contribution < -0.4 is 9.47 Å². The number of Topliss-reactive ketones (excluding diaryl/α,β-unsaturated/α-hetero) is 1. The number of nitrogens with zero attached hydrogens (tertiary/aromatic N) is 3. The second-order valence-electron chi connectivity index (χ2n) is 8.04. The van der Waals surface area contributed by atoms with Crippen molar-refractivity contribution in [1.29, 1.82) is 0 Å². The van der Waals surface area contributed by atoms with E-state index in [4.69, 9.17) is 9.47 Å². The summed E-state index contributed by atoms with van der Waals surface area (Å²) < 4.78 is 49.2. The molecule has 1 aromatic heterocycles. The molecule has 1 aliphatic heterocycles. The van der Waals surface area contributed by atoms with Crippen molar-refractivity contribution in [2.45, 2.75) is 50.5 Å². The molecular formula is C22H28FN3O5S. The molecule has 0 N–H and O–H groups in total. The first kappa shape index (κ1) is 24.1. The fourth-order valence-electron chi connectivity index (χ4n) is 3.50. The molecule has 0 atom stereocenters. The van der Waals surface area contributed by atoms with Crippen molar-refractivity contribution in [2.75, 3.05) is 25.9 Å². The molecular weight excluding hydrogens is 437 g/mol. The maximum atomic E-state index is 14.4. The number of ether oxygens (including phenoxy) is 2. The first-order valence-electron chi connectivity index (χ1n) is 10.5. The molecule has 0 amide bonds. The van der Waals surface area contributed by atoms with Gasteiger partial charge in [-0.1, -0.05) is 0 Å². The van der Waals surface area contributed by atoms with Crippen LogP contribution in [0.2, 0.25) is 0 Å². The molecule has 0 saturated carbocycles. The molecule has 2 aromatic rings. The number of carbonyl (C=O) groups is 1. The lowest BCUT2D eigenvalue weighted by Crippen LogP contribution is -2.39. The molecule has 3 rings (SSSR count). The van der Waals surface area contributed by atoms with Gasteiger partial charge in [-0.05, 0) is 57.9 Å². The van der Waals surface area contributed by atoms with Gasteiger partial charge in [0.2, 0.25) is 11.8 Å². The lowest BCUT2D eigenvalue weighted by molar-refractivity contribution is -0.117. The third kappa shape index (κ3) is 6.46. The molecule has 10 heteroatoms. The highest BCUT2D eigenvalue weighted by atomic mass is 32.2. The Morgan fingerprint density at radius 3 is 2.53 bits per heavy atom. The zero-order valence-electron chi connectivity index (χ0n) is 18.5. The monoisotopic (exact) mass is 465 g/mol. The van der Waals surface area contributed by atoms with Crippen LogP contribution in [0.5, 0.6) is 17.5 Å². The third-order valence-electron chi connectivity index (χ3n) is 5.35. The van der Waals surface area contributed by atoms with Crippen molar-refractivity contribution in [2.24, 2.45) is 0 Å². The average molecular weight is 466 g/mol. The van der Waals surface area contributed by atoms with E-state index in [1.165, 1.54) is 18.5 Å². The largest absolute Gasteiger partial charge is 0.474 e. The molecule has 0 aliphatic carbocycles. The molecule has 1 fully saturated rings. The molecule has 2 heterocycles. The van der Waals surface area contributed by atoms with E-state index < -0.39 is 15.7 Å². The van der Waals surface area contributed by atoms with Crippen LogP contribution in [-0.2, 0) is 14.6 Å². The van der Waals surface area contributed by atoms with Crippen molar-refractivity contribution in [3.8, 4) is 17.5 Å². The minimum Gasteiger partial charge on any atom is -0.474 e. The fourth-order valence-corrected chi connectivity index (χ4v) is 4.13. The average Bonchev–Trinajstić information content (AvgIpc) is 2.72. The Balaban J connectivity index is 1.61. The Labute approximate surface area is 187 Å². The van der Waals surface area contributed by atoms with Gasteiger partial charge in [0.1, 0.15) is 18.2 Å². The van der Waals surface area contributed by atoms with Gasteiger partial charge in [-0.2, -0.15) is 0 Å². The Hall–Kier alpha value is -2.59. The van der Waals surface area contributed by atoms with Gasteiger partial charge in [0, 0.05) is 25.8 Å². The number of piperidine rings is 1. The van der Waals surface area contributed by atoms with Gasteiger partial charge in [0.25, 0.3) is 0 Å². The normalized spacial score (nSPS) is 15.5. The Bertz CT molecular complexity index is 1070. The number of rotatable bonds is 9. The first-order valence-corrected chi connectivity index (χ1v) is 12.4. The number of sulfone groups is 1. The van der Waals surface area contributed by atoms with Gasteiger partial charge in [0.15, 0.2) is 21.4 Å². The molecule has 0 spiro atoms. The summed E-state index contributed by atoms with van der Waals surface area (Å²) in [7, 11) is -3.52. The predicted molar refractivity (Wildman–Crippen MR) is 116 cm³/mol. The van der Waals surface area contributed by atoms with Gasteiger partial charge < -0.3 is 19.2 Å². The van der Waals surface area contributed by atoms with Gasteiger partial charge >= 0.3 is 0 Å². The van der Waals surface area contributed by atoms with E-state index in [0.29, 0.717) is 17.9 Å². The first-order chi connectivity index (χ1) is 15.1. The minimum atomic E-state index is -3.52. The maximum Gasteiger partial charge on any atom is 0.229 e. The third-order valence-corrected chi connectivity index (χ3v) is 6.46. The number of benzene rings is 1. The van der Waals surface area contributed by atoms with Crippen LogP contribution in [0.4, 0.5) is 4.39 Å². The van der Waals surface area contributed by atoms with Crippen LogP contribution in [0.1, 0.15) is 38.2 Å². The van der Waals surface area contributed by atoms with Crippen LogP contribution in [0, 0.1) is 12.7 Å². The Morgan fingerprint density at radius 2 is 1.91 bits per heavy atom. The van der Waals surface area contributed by atoms with Gasteiger partial charge in [0.05, 0.1) is 10.5 Å². The number of ketones is 1. The molecule has 1 saturated heterocycles. The quantitative estimate of drug-likeness (QED) is 0.556. The number of hydrogen-bond acceptors (Lipinski definition) is 8. The van der Waals surface area contributed by atoms with E-state index in [-0.39, 0.29) is 28.4 Å². The number of likely N-dealkylation sites (tertiary alicyclic amines) is 1. The van der Waals surface area contributed by atoms with Crippen LogP contribution >= 0.6 is 0 Å². The van der Waals surface area contributed by atoms with E-state index >= 15 is 0 Å². The topological polar surface area (TPSA) is 98.7 Å². The number of hydrogen-bond donors (Lipinski definition) is 0. The SMILES string of the molecule is CC(=O)CCCN1CCC(Oc2ncnc(Oc3ccc(S(C)(=O)=O)cc3F)c2C)CC1. The van der Waals surface area contributed by atoms with Crippen molar-refractivity contribution >= 4 is 15.6 Å². The second kappa shape index (κ2) is 10.4. The van der Waals surface area contributed by atoms with Crippen LogP contribution in [0.25, 0.3) is 0 Å². The van der Waals surface area contributed by atoms with Crippen LogP contribution in [-0.4, -0.2) is 61.1 Å². The Kier molecular flexibility index (Phi) is 7.78. The maximum absolute atomic E-state index is 14.4. The summed E-state index contributed by atoms with van der Waals surface area (Å²) in [6, 6.07) is 3.46. The summed E-state index contributed by atoms with van der Waals surface area (Å²) >= 11 is 0. The molecule has 0 bridgehead atoms. The van der Waals surface area contributed by atoms with Gasteiger partial charge in [-0.25, -0.2) is 22.8 Å². The molecule has 0 radical (unpaired) electrons. The number of halogens is 1. The van der Waals surface area contributed by atoms with E-state index in [2.05, 4.69) is 14.9 Å². The summed E-state index contributed by atoms with van der Waals surface area (Å²) in [5.74, 6) is -0.206. The summed E-state index contributed by atoms with van der Waals surface area (Å²) in [6.07, 6.45) is 5.44. The Morgan fingerprint density at radius 1 is 1.22 bits per heavy atom. The predicted octanol–water partition coefficient (Wildman–Crippen LogP) is 3.33. The van der Waals surface area contributed by atoms with Crippen LogP contribution in [0.3, 0.4) is 0 Å². The van der Waals surface area contributed by atoms with E-state index in [9.17, 15) is 17.6 Å². The summed E-state index contributed by atoms with van der Waals surface area (Å²) in [4.78, 5) is 21.5. The van der Waals surface area contributed by atoms with Crippen molar-refractivity contribution in [3.63, 3.8) is 0 Å². The fraction of sp³-hybridized carbons (Fsp3) is 0.500. The zero-order chi connectivity index (χ0) is 23.3. The molecule has 0 unspecified atom stereocenters. The van der Waals surface area contributed by atoms with Crippen molar-refractivity contribution in [1.82, 2.24) is 14.9 Å². The van der Waals surface area contributed by atoms with Crippen LogP contribution in [0.15, 0.2) is 29.4 Å². The second-order valence-corrected chi connectivity index (χ2v) is 10.1. The summed E-state index contributed by atoms with van der Waals surface area (Å²) in [6.45, 7) is 6.01. The number of aromatic nitrogens is 2. The summed E-state index contributed by atoms with van der Waals surface area (Å²) in [5.41, 5.74) is 0.531. The highest BCUT2D eigenvalue weighted by Gasteiger charge is 2.23. The highest BCUT2D eigenvalue weighted by Crippen LogP contribution is 2.31. The molecule has 32 heavy (non-hydrogen) atoms. The van der Waals surface area contributed by atoms with Crippen molar-refractivity contribution in [3.05, 3.63) is 35.9 Å². The van der Waals surface area contributed by atoms with E-state index in [0.717, 1.165) is 51.2 Å². The van der Waals surface area contributed by atoms with E-state index in [1.54, 1.807) is 13.8 Å². The molecule has 1 aliphatic rings. The van der Waals surface area contributed by atoms with Gasteiger partial charge in [-0.15, -0.1) is 0 Å². The van der Waals surface area contributed by atoms with Gasteiger partial charge in [-0.3, -0.25) is 0 Å².